The molecule has 3 aromatic carbocycles. The van der Waals surface area contributed by atoms with Gasteiger partial charge in [-0.3, -0.25) is 9.59 Å². The van der Waals surface area contributed by atoms with Crippen LogP contribution in [0.4, 0.5) is 0 Å². The first-order chi connectivity index (χ1) is 16.1. The molecule has 2 N–H and O–H groups in total. The monoisotopic (exact) mass is 440 g/mol. The van der Waals surface area contributed by atoms with E-state index in [0.29, 0.717) is 29.1 Å². The van der Waals surface area contributed by atoms with E-state index in [9.17, 15) is 9.59 Å². The lowest BCUT2D eigenvalue weighted by atomic mass is 10.1. The number of hydrogen-bond donors (Lipinski definition) is 2. The van der Waals surface area contributed by atoms with Gasteiger partial charge in [0.05, 0.1) is 17.2 Å². The second-order valence-corrected chi connectivity index (χ2v) is 7.64. The third-order valence-corrected chi connectivity index (χ3v) is 5.09. The molecule has 0 fully saturated rings. The molecule has 0 aliphatic heterocycles. The number of carbonyl (C=O) groups excluding carboxylic acids is 1. The Bertz CT molecular complexity index is 1340. The molecule has 0 saturated carbocycles. The molecule has 0 atom stereocenters. The first-order valence-electron chi connectivity index (χ1n) is 10.7. The van der Waals surface area contributed by atoms with Gasteiger partial charge < -0.3 is 9.72 Å². The van der Waals surface area contributed by atoms with E-state index in [-0.39, 0.29) is 24.3 Å². The molecule has 0 aliphatic carbocycles. The number of hydrogen-bond acceptors (Lipinski definition) is 5. The highest BCUT2D eigenvalue weighted by Crippen LogP contribution is 2.18. The van der Waals surface area contributed by atoms with Crippen molar-refractivity contribution in [3.63, 3.8) is 0 Å². The molecule has 1 aromatic heterocycles. The van der Waals surface area contributed by atoms with Crippen molar-refractivity contribution < 1.29 is 9.53 Å². The number of rotatable bonds is 8. The van der Waals surface area contributed by atoms with Crippen molar-refractivity contribution in [2.24, 2.45) is 5.10 Å². The Morgan fingerprint density at radius 3 is 2.67 bits per heavy atom. The number of aryl methyl sites for hydroxylation is 2. The van der Waals surface area contributed by atoms with Crippen LogP contribution in [0, 0.1) is 6.92 Å². The van der Waals surface area contributed by atoms with Crippen LogP contribution in [0.3, 0.4) is 0 Å². The summed E-state index contributed by atoms with van der Waals surface area (Å²) in [7, 11) is 0. The number of ether oxygens (including phenoxy) is 1. The van der Waals surface area contributed by atoms with Gasteiger partial charge in [-0.1, -0.05) is 54.1 Å². The first-order valence-corrected chi connectivity index (χ1v) is 10.7. The van der Waals surface area contributed by atoms with Crippen LogP contribution in [0.5, 0.6) is 5.75 Å². The van der Waals surface area contributed by atoms with Gasteiger partial charge in [-0.25, -0.2) is 10.4 Å². The number of H-pyrrole nitrogens is 1. The van der Waals surface area contributed by atoms with Crippen molar-refractivity contribution >= 4 is 23.2 Å². The number of nitrogens with one attached hydrogen (secondary N) is 2. The summed E-state index contributed by atoms with van der Waals surface area (Å²) in [5.74, 6) is 0.363. The fourth-order valence-corrected chi connectivity index (χ4v) is 3.26. The van der Waals surface area contributed by atoms with Gasteiger partial charge in [-0.15, -0.1) is 0 Å². The zero-order valence-electron chi connectivity index (χ0n) is 18.2. The van der Waals surface area contributed by atoms with Crippen LogP contribution in [0.15, 0.2) is 82.7 Å². The van der Waals surface area contributed by atoms with Gasteiger partial charge >= 0.3 is 0 Å². The minimum absolute atomic E-state index is 0.0946. The highest BCUT2D eigenvalue weighted by molar-refractivity contribution is 5.85. The number of carbonyl (C=O) groups is 1. The lowest BCUT2D eigenvalue weighted by Gasteiger charge is -2.09. The smallest absolute Gasteiger partial charge is 0.270 e. The molecular formula is C26H24N4O3. The van der Waals surface area contributed by atoms with Crippen molar-refractivity contribution in [3.8, 4) is 5.75 Å². The van der Waals surface area contributed by atoms with E-state index in [4.69, 9.17) is 4.74 Å². The van der Waals surface area contributed by atoms with E-state index in [2.05, 4.69) is 20.5 Å². The Labute approximate surface area is 191 Å². The molecule has 4 rings (SSSR count). The van der Waals surface area contributed by atoms with Crippen molar-refractivity contribution in [2.75, 3.05) is 0 Å². The van der Waals surface area contributed by atoms with E-state index >= 15 is 0 Å². The molecule has 1 heterocycles. The Kier molecular flexibility index (Phi) is 6.90. The Balaban J connectivity index is 1.32. The zero-order valence-corrected chi connectivity index (χ0v) is 18.2. The van der Waals surface area contributed by atoms with Gasteiger partial charge in [0.1, 0.15) is 18.1 Å². The van der Waals surface area contributed by atoms with Gasteiger partial charge in [0.15, 0.2) is 0 Å². The second-order valence-electron chi connectivity index (χ2n) is 7.64. The molecule has 0 bridgehead atoms. The summed E-state index contributed by atoms with van der Waals surface area (Å²) in [4.78, 5) is 31.5. The van der Waals surface area contributed by atoms with E-state index < -0.39 is 0 Å². The molecule has 0 saturated heterocycles. The van der Waals surface area contributed by atoms with Crippen LogP contribution in [0.1, 0.15) is 28.8 Å². The quantitative estimate of drug-likeness (QED) is 0.321. The van der Waals surface area contributed by atoms with Crippen molar-refractivity contribution in [2.45, 2.75) is 26.4 Å². The molecule has 7 heteroatoms. The minimum atomic E-state index is -0.307. The van der Waals surface area contributed by atoms with Crippen LogP contribution in [0.25, 0.3) is 11.0 Å². The summed E-state index contributed by atoms with van der Waals surface area (Å²) in [6.07, 6.45) is 1.86. The molecule has 0 aliphatic rings. The second kappa shape index (κ2) is 10.4. The molecule has 0 spiro atoms. The van der Waals surface area contributed by atoms with E-state index in [1.54, 1.807) is 12.3 Å². The van der Waals surface area contributed by atoms with Gasteiger partial charge in [-0.05, 0) is 36.8 Å². The summed E-state index contributed by atoms with van der Waals surface area (Å²) in [6.45, 7) is 2.48. The van der Waals surface area contributed by atoms with E-state index in [0.717, 1.165) is 11.1 Å². The maximum atomic E-state index is 12.2. The van der Waals surface area contributed by atoms with Gasteiger partial charge in [0.2, 0.25) is 5.91 Å². The third-order valence-electron chi connectivity index (χ3n) is 5.09. The molecule has 4 aromatic rings. The summed E-state index contributed by atoms with van der Waals surface area (Å²) in [5, 5.41) is 4.04. The Morgan fingerprint density at radius 1 is 1.06 bits per heavy atom. The normalized spacial score (nSPS) is 11.1. The lowest BCUT2D eigenvalue weighted by molar-refractivity contribution is -0.121. The number of benzene rings is 3. The number of aromatic nitrogens is 2. The molecule has 33 heavy (non-hydrogen) atoms. The summed E-state index contributed by atoms with van der Waals surface area (Å²) in [5.41, 5.74) is 6.90. The number of aromatic amines is 1. The van der Waals surface area contributed by atoms with Gasteiger partial charge in [-0.2, -0.15) is 5.10 Å². The van der Waals surface area contributed by atoms with Crippen molar-refractivity contribution in [1.82, 2.24) is 15.4 Å². The average molecular weight is 441 g/mol. The largest absolute Gasteiger partial charge is 0.488 e. The fourth-order valence-electron chi connectivity index (χ4n) is 3.26. The topological polar surface area (TPSA) is 96.4 Å². The molecule has 1 amide bonds. The first kappa shape index (κ1) is 22.0. The van der Waals surface area contributed by atoms with E-state index in [1.165, 1.54) is 5.56 Å². The van der Waals surface area contributed by atoms with Crippen LogP contribution in [-0.4, -0.2) is 22.1 Å². The van der Waals surface area contributed by atoms with Crippen molar-refractivity contribution in [1.29, 1.82) is 0 Å². The number of nitrogens with zero attached hydrogens (tertiary/aromatic N) is 2. The van der Waals surface area contributed by atoms with E-state index in [1.807, 2.05) is 73.7 Å². The Morgan fingerprint density at radius 2 is 1.82 bits per heavy atom. The van der Waals surface area contributed by atoms with Crippen LogP contribution in [-0.2, 0) is 17.8 Å². The highest BCUT2D eigenvalue weighted by Gasteiger charge is 2.08. The maximum Gasteiger partial charge on any atom is 0.270 e. The van der Waals surface area contributed by atoms with Crippen LogP contribution in [0.2, 0.25) is 0 Å². The summed E-state index contributed by atoms with van der Waals surface area (Å²) < 4.78 is 5.92. The molecular weight excluding hydrogens is 416 g/mol. The predicted octanol–water partition coefficient (Wildman–Crippen LogP) is 3.89. The zero-order chi connectivity index (χ0) is 23.0. The van der Waals surface area contributed by atoms with Crippen LogP contribution >= 0.6 is 0 Å². The fraction of sp³-hybridized carbons (Fsp3) is 0.154. The lowest BCUT2D eigenvalue weighted by Crippen LogP contribution is -2.21. The standard InChI is InChI=1S/C26H24N4O3/c1-18-10-12-19(13-11-18)17-33-24-9-5-2-6-20(24)16-27-30-25(31)15-14-23-26(32)29-22-8-4-3-7-21(22)28-23/h2-13,16H,14-15,17H2,1H3,(H,29,32)(H,30,31)/b27-16-. The molecule has 166 valence electrons. The van der Waals surface area contributed by atoms with Crippen LogP contribution < -0.4 is 15.7 Å². The average Bonchev–Trinajstić information content (AvgIpc) is 2.83. The number of hydrazone groups is 1. The van der Waals surface area contributed by atoms with Gasteiger partial charge in [0.25, 0.3) is 5.56 Å². The third kappa shape index (κ3) is 5.92. The summed E-state index contributed by atoms with van der Waals surface area (Å²) >= 11 is 0. The number of fused-ring (bicyclic) bond motifs is 1. The van der Waals surface area contributed by atoms with Crippen molar-refractivity contribution in [3.05, 3.63) is 106 Å². The number of amides is 1. The molecule has 0 unspecified atom stereocenters. The molecule has 0 radical (unpaired) electrons. The number of para-hydroxylation sites is 3. The summed E-state index contributed by atoms with van der Waals surface area (Å²) in [6, 6.07) is 22.9. The SMILES string of the molecule is Cc1ccc(COc2ccccc2/C=N\NC(=O)CCc2nc3ccccc3[nH]c2=O)cc1. The molecule has 7 nitrogen and oxygen atoms in total. The highest BCUT2D eigenvalue weighted by atomic mass is 16.5. The minimum Gasteiger partial charge on any atom is -0.488 e. The predicted molar refractivity (Wildman–Crippen MR) is 128 cm³/mol. The Hall–Kier alpha value is -4.26. The maximum absolute atomic E-state index is 12.2. The van der Waals surface area contributed by atoms with Gasteiger partial charge in [0, 0.05) is 18.4 Å².